The second-order valence-electron chi connectivity index (χ2n) is 22.2. The first-order valence-corrected chi connectivity index (χ1v) is 32.0. The third kappa shape index (κ3) is 44.4. The zero-order valence-electron chi connectivity index (χ0n) is 48.8. The van der Waals surface area contributed by atoms with Gasteiger partial charge < -0.3 is 40.3 Å². The molecule has 0 radical (unpaired) electrons. The number of amides is 1. The Morgan fingerprint density at radius 3 is 1.20 bits per heavy atom. The summed E-state index contributed by atoms with van der Waals surface area (Å²) in [6.07, 6.45) is 68.8. The summed E-state index contributed by atoms with van der Waals surface area (Å²) in [6.45, 7) is 3.79. The Kier molecular flexibility index (Phi) is 52.2. The number of carbonyl (C=O) groups is 1. The minimum absolute atomic E-state index is 0.191. The summed E-state index contributed by atoms with van der Waals surface area (Å²) in [5.41, 5.74) is 0. The van der Waals surface area contributed by atoms with E-state index in [0.29, 0.717) is 6.42 Å². The third-order valence-electron chi connectivity index (χ3n) is 15.0. The van der Waals surface area contributed by atoms with Gasteiger partial charge >= 0.3 is 0 Å². The fourth-order valence-electron chi connectivity index (χ4n) is 9.99. The molecule has 75 heavy (non-hydrogen) atoms. The molecule has 1 heterocycles. The highest BCUT2D eigenvalue weighted by atomic mass is 16.7. The van der Waals surface area contributed by atoms with E-state index in [1.54, 1.807) is 6.08 Å². The van der Waals surface area contributed by atoms with Gasteiger partial charge in [0, 0.05) is 6.42 Å². The van der Waals surface area contributed by atoms with Crippen LogP contribution in [0.3, 0.4) is 0 Å². The number of hydrogen-bond donors (Lipinski definition) is 6. The fraction of sp³-hybridized carbons (Fsp3) is 0.833. The van der Waals surface area contributed by atoms with Crippen LogP contribution in [0.1, 0.15) is 296 Å². The SMILES string of the molecule is CCCCCCCCCCC/C=C\C/C=C\CCCCCCCCCCCCCC(=O)NC(COC1OC(CO)C(O)C(O)C1O)C(O)/C=C/CC/C=C/CC/C=C/CCCCCCCCCCCCCCCCC. The lowest BCUT2D eigenvalue weighted by Crippen LogP contribution is -2.60. The van der Waals surface area contributed by atoms with Gasteiger partial charge in [0.25, 0.3) is 0 Å². The highest BCUT2D eigenvalue weighted by Crippen LogP contribution is 2.23. The normalized spacial score (nSPS) is 19.3. The Bertz CT molecular complexity index is 1360. The Balaban J connectivity index is 2.22. The largest absolute Gasteiger partial charge is 0.394 e. The summed E-state index contributed by atoms with van der Waals surface area (Å²) >= 11 is 0. The van der Waals surface area contributed by atoms with Crippen LogP contribution in [0.25, 0.3) is 0 Å². The average Bonchev–Trinajstić information content (AvgIpc) is 3.41. The molecule has 0 aromatic carbocycles. The monoisotopic (exact) mass is 1060 g/mol. The molecule has 6 N–H and O–H groups in total. The molecular weight excluding hydrogens is 935 g/mol. The molecule has 1 fully saturated rings. The Morgan fingerprint density at radius 1 is 0.453 bits per heavy atom. The molecule has 9 heteroatoms. The summed E-state index contributed by atoms with van der Waals surface area (Å²) in [6, 6.07) is -0.833. The molecule has 0 saturated carbocycles. The predicted octanol–water partition coefficient (Wildman–Crippen LogP) is 16.6. The maximum absolute atomic E-state index is 13.1. The van der Waals surface area contributed by atoms with Gasteiger partial charge in [0.1, 0.15) is 24.4 Å². The summed E-state index contributed by atoms with van der Waals surface area (Å²) in [7, 11) is 0. The number of nitrogens with one attached hydrogen (secondary N) is 1. The number of aliphatic hydroxyl groups is 5. The fourth-order valence-corrected chi connectivity index (χ4v) is 9.99. The maximum Gasteiger partial charge on any atom is 0.220 e. The summed E-state index contributed by atoms with van der Waals surface area (Å²) in [4.78, 5) is 13.1. The third-order valence-corrected chi connectivity index (χ3v) is 15.0. The zero-order valence-corrected chi connectivity index (χ0v) is 48.8. The molecule has 438 valence electrons. The number of ether oxygens (including phenoxy) is 2. The van der Waals surface area contributed by atoms with Crippen LogP contribution in [-0.2, 0) is 14.3 Å². The first-order chi connectivity index (χ1) is 36.8. The first kappa shape index (κ1) is 70.9. The van der Waals surface area contributed by atoms with E-state index in [2.05, 4.69) is 67.8 Å². The van der Waals surface area contributed by atoms with Crippen molar-refractivity contribution in [1.29, 1.82) is 0 Å². The standard InChI is InChI=1S/C66H121NO8/c1-3-5-7-9-11-13-15-17-19-21-23-25-27-29-30-32-34-36-38-40-42-44-46-48-50-52-54-56-62(70)67-59(58-74-66-65(73)64(72)63(71)61(57-68)75-66)60(69)55-53-51-49-47-45-43-41-39-37-35-33-31-28-26-24-22-20-18-16-14-12-10-8-6-4-2/h23,25,29-30,37,39,45,47,53,55,59-61,63-66,68-69,71-73H,3-22,24,26-28,31-36,38,40-44,46,48-52,54,56-58H2,1-2H3,(H,67,70)/b25-23-,30-29-,39-37+,47-45+,55-53+. The molecule has 0 aromatic rings. The number of rotatable bonds is 55. The van der Waals surface area contributed by atoms with E-state index in [0.717, 1.165) is 51.4 Å². The molecule has 1 aliphatic heterocycles. The molecule has 9 nitrogen and oxygen atoms in total. The van der Waals surface area contributed by atoms with Crippen LogP contribution >= 0.6 is 0 Å². The van der Waals surface area contributed by atoms with Gasteiger partial charge in [-0.1, -0.05) is 274 Å². The van der Waals surface area contributed by atoms with Gasteiger partial charge in [0.2, 0.25) is 5.91 Å². The van der Waals surface area contributed by atoms with Gasteiger partial charge in [-0.15, -0.1) is 0 Å². The molecule has 1 rings (SSSR count). The summed E-state index contributed by atoms with van der Waals surface area (Å²) in [5.74, 6) is -0.191. The van der Waals surface area contributed by atoms with E-state index in [4.69, 9.17) is 9.47 Å². The molecule has 1 aliphatic rings. The first-order valence-electron chi connectivity index (χ1n) is 32.0. The van der Waals surface area contributed by atoms with Gasteiger partial charge in [0.05, 0.1) is 25.4 Å². The topological polar surface area (TPSA) is 149 Å². The predicted molar refractivity (Wildman–Crippen MR) is 318 cm³/mol. The lowest BCUT2D eigenvalue weighted by atomic mass is 9.99. The van der Waals surface area contributed by atoms with Crippen molar-refractivity contribution in [3.63, 3.8) is 0 Å². The molecule has 1 amide bonds. The second kappa shape index (κ2) is 55.2. The van der Waals surface area contributed by atoms with E-state index >= 15 is 0 Å². The Hall–Kier alpha value is -2.11. The molecule has 7 unspecified atom stereocenters. The Morgan fingerprint density at radius 2 is 0.800 bits per heavy atom. The minimum Gasteiger partial charge on any atom is -0.394 e. The molecule has 0 spiro atoms. The molecule has 1 saturated heterocycles. The van der Waals surface area contributed by atoms with E-state index in [9.17, 15) is 30.3 Å². The average molecular weight is 1060 g/mol. The quantitative estimate of drug-likeness (QED) is 0.0261. The van der Waals surface area contributed by atoms with Crippen molar-refractivity contribution in [2.75, 3.05) is 13.2 Å². The van der Waals surface area contributed by atoms with Crippen LogP contribution in [0, 0.1) is 0 Å². The van der Waals surface area contributed by atoms with E-state index in [-0.39, 0.29) is 12.5 Å². The lowest BCUT2D eigenvalue weighted by molar-refractivity contribution is -0.302. The number of carbonyl (C=O) groups excluding carboxylic acids is 1. The second-order valence-corrected chi connectivity index (χ2v) is 22.2. The van der Waals surface area contributed by atoms with Crippen molar-refractivity contribution >= 4 is 5.91 Å². The van der Waals surface area contributed by atoms with Crippen LogP contribution < -0.4 is 5.32 Å². The smallest absolute Gasteiger partial charge is 0.220 e. The number of unbranched alkanes of at least 4 members (excludes halogenated alkanes) is 37. The van der Waals surface area contributed by atoms with Gasteiger partial charge in [0.15, 0.2) is 6.29 Å². The zero-order chi connectivity index (χ0) is 54.3. The van der Waals surface area contributed by atoms with Crippen molar-refractivity contribution in [2.24, 2.45) is 0 Å². The molecule has 7 atom stereocenters. The number of allylic oxidation sites excluding steroid dienone is 9. The Labute approximate surface area is 462 Å². The lowest BCUT2D eigenvalue weighted by Gasteiger charge is -2.40. The van der Waals surface area contributed by atoms with Gasteiger partial charge in [-0.3, -0.25) is 4.79 Å². The van der Waals surface area contributed by atoms with Crippen LogP contribution in [0.4, 0.5) is 0 Å². The van der Waals surface area contributed by atoms with Crippen molar-refractivity contribution in [2.45, 2.75) is 339 Å². The van der Waals surface area contributed by atoms with Crippen molar-refractivity contribution in [1.82, 2.24) is 5.32 Å². The van der Waals surface area contributed by atoms with Gasteiger partial charge in [-0.2, -0.15) is 0 Å². The molecule has 0 bridgehead atoms. The van der Waals surface area contributed by atoms with Gasteiger partial charge in [-0.05, 0) is 77.0 Å². The van der Waals surface area contributed by atoms with E-state index in [1.165, 1.54) is 225 Å². The maximum atomic E-state index is 13.1. The molecular formula is C66H121NO8. The summed E-state index contributed by atoms with van der Waals surface area (Å²) in [5, 5.41) is 54.6. The molecule has 0 aromatic heterocycles. The van der Waals surface area contributed by atoms with Crippen LogP contribution in [0.5, 0.6) is 0 Å². The van der Waals surface area contributed by atoms with Gasteiger partial charge in [-0.25, -0.2) is 0 Å². The van der Waals surface area contributed by atoms with Crippen molar-refractivity contribution < 1.29 is 39.8 Å². The minimum atomic E-state index is -1.58. The van der Waals surface area contributed by atoms with Crippen LogP contribution in [-0.4, -0.2) is 87.5 Å². The highest BCUT2D eigenvalue weighted by Gasteiger charge is 2.44. The van der Waals surface area contributed by atoms with Crippen LogP contribution in [0.15, 0.2) is 60.8 Å². The van der Waals surface area contributed by atoms with Crippen LogP contribution in [0.2, 0.25) is 0 Å². The van der Waals surface area contributed by atoms with E-state index in [1.807, 2.05) is 6.08 Å². The van der Waals surface area contributed by atoms with Crippen molar-refractivity contribution in [3.05, 3.63) is 60.8 Å². The molecule has 0 aliphatic carbocycles. The summed E-state index contributed by atoms with van der Waals surface area (Å²) < 4.78 is 11.3. The number of hydrogen-bond acceptors (Lipinski definition) is 8. The van der Waals surface area contributed by atoms with Crippen molar-refractivity contribution in [3.8, 4) is 0 Å². The van der Waals surface area contributed by atoms with E-state index < -0.39 is 49.5 Å². The highest BCUT2D eigenvalue weighted by molar-refractivity contribution is 5.76. The number of aliphatic hydroxyl groups excluding tert-OH is 5.